The lowest BCUT2D eigenvalue weighted by Crippen LogP contribution is -2.57. The molecule has 5 heteroatoms. The van der Waals surface area contributed by atoms with Crippen LogP contribution >= 0.6 is 0 Å². The predicted molar refractivity (Wildman–Crippen MR) is 79.2 cm³/mol. The van der Waals surface area contributed by atoms with Crippen molar-refractivity contribution in [2.45, 2.75) is 25.8 Å². The van der Waals surface area contributed by atoms with Gasteiger partial charge in [-0.15, -0.1) is 0 Å². The van der Waals surface area contributed by atoms with Crippen molar-refractivity contribution in [1.82, 2.24) is 15.2 Å². The van der Waals surface area contributed by atoms with Gasteiger partial charge in [-0.2, -0.15) is 0 Å². The van der Waals surface area contributed by atoms with Crippen LogP contribution in [0.3, 0.4) is 0 Å². The van der Waals surface area contributed by atoms with Crippen LogP contribution in [0, 0.1) is 12.8 Å². The highest BCUT2D eigenvalue weighted by atomic mass is 16.3. The van der Waals surface area contributed by atoms with E-state index < -0.39 is 0 Å². The van der Waals surface area contributed by atoms with Crippen LogP contribution in [-0.2, 0) is 0 Å². The third-order valence-electron chi connectivity index (χ3n) is 4.85. The topological polar surface area (TPSA) is 58.4 Å². The second-order valence-electron chi connectivity index (χ2n) is 6.14. The summed E-state index contributed by atoms with van der Waals surface area (Å²) in [4.78, 5) is 19.3. The van der Waals surface area contributed by atoms with Gasteiger partial charge in [0.15, 0.2) is 0 Å². The van der Waals surface area contributed by atoms with Crippen molar-refractivity contribution in [3.05, 3.63) is 29.8 Å². The molecule has 2 aromatic rings. The number of fused-ring (bicyclic) bond motifs is 4. The largest absolute Gasteiger partial charge is 0.464 e. The van der Waals surface area contributed by atoms with Crippen LogP contribution in [0.5, 0.6) is 0 Å². The van der Waals surface area contributed by atoms with E-state index in [9.17, 15) is 4.79 Å². The van der Waals surface area contributed by atoms with E-state index >= 15 is 0 Å². The van der Waals surface area contributed by atoms with Gasteiger partial charge in [0, 0.05) is 29.7 Å². The SMILES string of the molecule is Cc1nc(C(=O)NC2CN3CCC2CC3)cc2occc12. The molecule has 0 aliphatic carbocycles. The number of aryl methyl sites for hydroxylation is 1. The number of rotatable bonds is 2. The molecule has 0 radical (unpaired) electrons. The molecule has 3 aliphatic rings. The van der Waals surface area contributed by atoms with Crippen molar-refractivity contribution in [1.29, 1.82) is 0 Å². The van der Waals surface area contributed by atoms with Gasteiger partial charge in [-0.1, -0.05) is 0 Å². The maximum Gasteiger partial charge on any atom is 0.270 e. The smallest absolute Gasteiger partial charge is 0.270 e. The Hall–Kier alpha value is -1.88. The van der Waals surface area contributed by atoms with Gasteiger partial charge in [0.05, 0.1) is 6.26 Å². The fraction of sp³-hybridized carbons (Fsp3) is 0.500. The van der Waals surface area contributed by atoms with E-state index in [1.54, 1.807) is 12.3 Å². The maximum atomic E-state index is 12.5. The number of amides is 1. The Balaban J connectivity index is 1.56. The number of nitrogens with one attached hydrogen (secondary N) is 1. The van der Waals surface area contributed by atoms with E-state index in [2.05, 4.69) is 15.2 Å². The Kier molecular flexibility index (Phi) is 2.96. The third kappa shape index (κ3) is 2.21. The highest BCUT2D eigenvalue weighted by Crippen LogP contribution is 2.27. The molecule has 1 unspecified atom stereocenters. The molecule has 5 heterocycles. The Morgan fingerprint density at radius 1 is 1.43 bits per heavy atom. The first-order valence-electron chi connectivity index (χ1n) is 7.59. The fourth-order valence-electron chi connectivity index (χ4n) is 3.62. The second kappa shape index (κ2) is 4.84. The van der Waals surface area contributed by atoms with Crippen molar-refractivity contribution in [3.63, 3.8) is 0 Å². The van der Waals surface area contributed by atoms with Crippen LogP contribution in [0.15, 0.2) is 22.8 Å². The lowest BCUT2D eigenvalue weighted by atomic mass is 9.84. The van der Waals surface area contributed by atoms with Gasteiger partial charge in [-0.3, -0.25) is 4.79 Å². The quantitative estimate of drug-likeness (QED) is 0.916. The summed E-state index contributed by atoms with van der Waals surface area (Å²) in [6.07, 6.45) is 4.01. The van der Waals surface area contributed by atoms with Crippen LogP contribution in [0.25, 0.3) is 11.0 Å². The highest BCUT2D eigenvalue weighted by molar-refractivity contribution is 5.96. The molecule has 0 saturated carbocycles. The van der Waals surface area contributed by atoms with Gasteiger partial charge in [0.1, 0.15) is 11.3 Å². The minimum absolute atomic E-state index is 0.0878. The first-order chi connectivity index (χ1) is 10.2. The summed E-state index contributed by atoms with van der Waals surface area (Å²) < 4.78 is 5.40. The molecular formula is C16H19N3O2. The van der Waals surface area contributed by atoms with Crippen molar-refractivity contribution >= 4 is 16.9 Å². The molecule has 2 aromatic heterocycles. The van der Waals surface area contributed by atoms with Crippen molar-refractivity contribution < 1.29 is 9.21 Å². The monoisotopic (exact) mass is 285 g/mol. The average molecular weight is 285 g/mol. The molecule has 1 N–H and O–H groups in total. The molecule has 3 fully saturated rings. The Bertz CT molecular complexity index is 686. The van der Waals surface area contributed by atoms with Crippen molar-refractivity contribution in [3.8, 4) is 0 Å². The number of pyridine rings is 1. The van der Waals surface area contributed by atoms with Gasteiger partial charge in [0.2, 0.25) is 0 Å². The summed E-state index contributed by atoms with van der Waals surface area (Å²) in [6.45, 7) is 5.22. The summed E-state index contributed by atoms with van der Waals surface area (Å²) in [6, 6.07) is 3.88. The van der Waals surface area contributed by atoms with E-state index in [1.807, 2.05) is 13.0 Å². The fourth-order valence-corrected chi connectivity index (χ4v) is 3.62. The molecule has 1 amide bonds. The van der Waals surface area contributed by atoms with E-state index in [-0.39, 0.29) is 11.9 Å². The Morgan fingerprint density at radius 3 is 2.95 bits per heavy atom. The number of hydrogen-bond donors (Lipinski definition) is 1. The number of hydrogen-bond acceptors (Lipinski definition) is 4. The molecular weight excluding hydrogens is 266 g/mol. The zero-order chi connectivity index (χ0) is 14.4. The summed E-state index contributed by atoms with van der Waals surface area (Å²) in [5, 5.41) is 4.13. The average Bonchev–Trinajstić information content (AvgIpc) is 2.97. The second-order valence-corrected chi connectivity index (χ2v) is 6.14. The zero-order valence-corrected chi connectivity index (χ0v) is 12.1. The molecule has 3 aliphatic heterocycles. The van der Waals surface area contributed by atoms with Gasteiger partial charge in [0.25, 0.3) is 5.91 Å². The molecule has 2 bridgehead atoms. The first-order valence-corrected chi connectivity index (χ1v) is 7.59. The van der Waals surface area contributed by atoms with Gasteiger partial charge in [-0.05, 0) is 44.8 Å². The lowest BCUT2D eigenvalue weighted by molar-refractivity contribution is 0.0617. The maximum absolute atomic E-state index is 12.5. The molecule has 0 aromatic carbocycles. The van der Waals surface area contributed by atoms with Crippen molar-refractivity contribution in [2.24, 2.45) is 5.92 Å². The van der Waals surface area contributed by atoms with E-state index in [4.69, 9.17) is 4.42 Å². The number of aromatic nitrogens is 1. The molecule has 1 atom stereocenters. The number of piperidine rings is 3. The minimum atomic E-state index is -0.0878. The molecule has 5 nitrogen and oxygen atoms in total. The normalized spacial score (nSPS) is 28.0. The minimum Gasteiger partial charge on any atom is -0.464 e. The summed E-state index contributed by atoms with van der Waals surface area (Å²) >= 11 is 0. The molecule has 3 saturated heterocycles. The molecule has 5 rings (SSSR count). The third-order valence-corrected chi connectivity index (χ3v) is 4.85. The van der Waals surface area contributed by atoms with Crippen LogP contribution in [-0.4, -0.2) is 41.5 Å². The van der Waals surface area contributed by atoms with Crippen molar-refractivity contribution in [2.75, 3.05) is 19.6 Å². The van der Waals surface area contributed by atoms with Crippen LogP contribution in [0.1, 0.15) is 29.0 Å². The number of nitrogens with zero attached hydrogens (tertiary/aromatic N) is 2. The van der Waals surface area contributed by atoms with Gasteiger partial charge in [-0.25, -0.2) is 4.98 Å². The number of carbonyl (C=O) groups is 1. The van der Waals surface area contributed by atoms with Gasteiger partial charge >= 0.3 is 0 Å². The standard InChI is InChI=1S/C16H19N3O2/c1-10-12-4-7-21-15(12)8-13(17-10)16(20)18-14-9-19-5-2-11(14)3-6-19/h4,7-8,11,14H,2-3,5-6,9H2,1H3,(H,18,20). The molecule has 0 spiro atoms. The van der Waals surface area contributed by atoms with Crippen LogP contribution in [0.4, 0.5) is 0 Å². The first kappa shape index (κ1) is 12.8. The van der Waals surface area contributed by atoms with Crippen LogP contribution in [0.2, 0.25) is 0 Å². The van der Waals surface area contributed by atoms with E-state index in [0.29, 0.717) is 11.6 Å². The van der Waals surface area contributed by atoms with Gasteiger partial charge < -0.3 is 14.6 Å². The zero-order valence-electron chi connectivity index (χ0n) is 12.1. The summed E-state index contributed by atoms with van der Waals surface area (Å²) in [5.41, 5.74) is 2.01. The molecule has 21 heavy (non-hydrogen) atoms. The lowest BCUT2D eigenvalue weighted by Gasteiger charge is -2.44. The highest BCUT2D eigenvalue weighted by Gasteiger charge is 2.35. The van der Waals surface area contributed by atoms with E-state index in [0.717, 1.165) is 23.2 Å². The molecule has 110 valence electrons. The van der Waals surface area contributed by atoms with E-state index in [1.165, 1.54) is 25.9 Å². The Morgan fingerprint density at radius 2 is 2.24 bits per heavy atom. The van der Waals surface area contributed by atoms with Crippen LogP contribution < -0.4 is 5.32 Å². The summed E-state index contributed by atoms with van der Waals surface area (Å²) in [7, 11) is 0. The number of furan rings is 1. The summed E-state index contributed by atoms with van der Waals surface area (Å²) in [5.74, 6) is 0.530. The predicted octanol–water partition coefficient (Wildman–Crippen LogP) is 1.96. The Labute approximate surface area is 123 Å². The number of carbonyl (C=O) groups excluding carboxylic acids is 1.